The molecule has 5 aromatic rings. The maximum Gasteiger partial charge on any atom is 0.245 e. The molecule has 3 atom stereocenters. The normalized spacial score (nSPS) is 26.9. The zero-order valence-electron chi connectivity index (χ0n) is 19.5. The van der Waals surface area contributed by atoms with Gasteiger partial charge in [0.15, 0.2) is 11.5 Å². The van der Waals surface area contributed by atoms with Gasteiger partial charge in [0.25, 0.3) is 0 Å². The molecule has 3 N–H and O–H groups in total. The van der Waals surface area contributed by atoms with Gasteiger partial charge in [-0.25, -0.2) is 0 Å². The number of ether oxygens (including phenoxy) is 1. The number of hydrogen-bond acceptors (Lipinski definition) is 4. The van der Waals surface area contributed by atoms with Crippen LogP contribution in [-0.4, -0.2) is 33.4 Å². The van der Waals surface area contributed by atoms with E-state index in [0.29, 0.717) is 19.3 Å². The lowest BCUT2D eigenvalue weighted by molar-refractivity contribution is -0.148. The highest BCUT2D eigenvalue weighted by molar-refractivity contribution is 6.31. The number of nitrogens with zero attached hydrogens (tertiary/aromatic N) is 2. The van der Waals surface area contributed by atoms with Gasteiger partial charge in [-0.15, -0.1) is 0 Å². The van der Waals surface area contributed by atoms with Gasteiger partial charge in [0.2, 0.25) is 5.91 Å². The number of fused-ring (bicyclic) bond motifs is 13. The van der Waals surface area contributed by atoms with E-state index in [1.807, 2.05) is 31.2 Å². The van der Waals surface area contributed by atoms with Gasteiger partial charge < -0.3 is 24.9 Å². The smallest absolute Gasteiger partial charge is 0.245 e. The molecule has 1 aliphatic carbocycles. The van der Waals surface area contributed by atoms with Gasteiger partial charge in [0.1, 0.15) is 11.8 Å². The van der Waals surface area contributed by atoms with Crippen molar-refractivity contribution in [1.29, 1.82) is 0 Å². The van der Waals surface area contributed by atoms with E-state index in [-0.39, 0.29) is 11.7 Å². The number of nitrogens with one attached hydrogen (secondary N) is 1. The zero-order chi connectivity index (χ0) is 23.9. The first-order chi connectivity index (χ1) is 16.9. The van der Waals surface area contributed by atoms with Crippen LogP contribution in [0.2, 0.25) is 0 Å². The van der Waals surface area contributed by atoms with Crippen molar-refractivity contribution in [3.63, 3.8) is 0 Å². The van der Waals surface area contributed by atoms with Crippen LogP contribution in [0.4, 0.5) is 0 Å². The molecule has 3 aromatic carbocycles. The second-order valence-corrected chi connectivity index (χ2v) is 10.3. The quantitative estimate of drug-likeness (QED) is 0.391. The van der Waals surface area contributed by atoms with Crippen LogP contribution in [-0.2, 0) is 21.7 Å². The van der Waals surface area contributed by atoms with Gasteiger partial charge >= 0.3 is 0 Å². The van der Waals surface area contributed by atoms with Gasteiger partial charge in [-0.3, -0.25) is 9.59 Å². The topological polar surface area (TPSA) is 91.3 Å². The van der Waals surface area contributed by atoms with Crippen LogP contribution in [0, 0.1) is 0 Å². The Balaban J connectivity index is 1.73. The summed E-state index contributed by atoms with van der Waals surface area (Å²) in [5, 5.41) is 6.96. The number of hydrogen-bond donors (Lipinski definition) is 2. The second-order valence-electron chi connectivity index (χ2n) is 10.3. The summed E-state index contributed by atoms with van der Waals surface area (Å²) in [6, 6.07) is 16.4. The minimum atomic E-state index is -1.30. The molecule has 0 spiro atoms. The molecule has 7 nitrogen and oxygen atoms in total. The van der Waals surface area contributed by atoms with Gasteiger partial charge in [-0.05, 0) is 31.0 Å². The van der Waals surface area contributed by atoms with E-state index in [1.54, 1.807) is 7.05 Å². The fraction of sp³-hybridized carbons (Fsp3) is 0.286. The second kappa shape index (κ2) is 5.93. The molecular weight excluding hydrogens is 440 g/mol. The highest BCUT2D eigenvalue weighted by atomic mass is 16.5. The summed E-state index contributed by atoms with van der Waals surface area (Å²) < 4.78 is 11.2. The van der Waals surface area contributed by atoms with Gasteiger partial charge in [-0.2, -0.15) is 0 Å². The first kappa shape index (κ1) is 19.6. The monoisotopic (exact) mass is 464 g/mol. The standard InChI is InChI=1S/C28H24N4O3/c1-27-28(29,26(34)30-2)13-20(35-27)31-17-9-5-3-7-14(17)23-22-16(11-12-19(22)33)21-15-8-4-6-10-18(15)32(27)25(21)24(23)31/h3-10,20H,11-13,29H2,1-2H3,(H,30,34)/t20-,27+,28+/m1/s1. The number of nitrogens with two attached hydrogens (primary N) is 1. The van der Waals surface area contributed by atoms with E-state index in [9.17, 15) is 9.59 Å². The summed E-state index contributed by atoms with van der Waals surface area (Å²) >= 11 is 0. The SMILES string of the molecule is CNC(=O)[C@@]1(N)C[C@H]2O[C@]1(C)n1c3ccccc3c3c4c(c5c6ccccc6n2c5c31)C(=O)CC4. The third-order valence-corrected chi connectivity index (χ3v) is 8.78. The Kier molecular flexibility index (Phi) is 3.32. The number of carbonyl (C=O) groups excluding carboxylic acids is 2. The minimum absolute atomic E-state index is 0.196. The fourth-order valence-corrected chi connectivity index (χ4v) is 7.26. The molecule has 1 fully saturated rings. The largest absolute Gasteiger partial charge is 0.357 e. The van der Waals surface area contributed by atoms with Crippen LogP contribution in [0.5, 0.6) is 0 Å². The lowest BCUT2D eigenvalue weighted by atomic mass is 9.85. The summed E-state index contributed by atoms with van der Waals surface area (Å²) in [7, 11) is 1.62. The van der Waals surface area contributed by atoms with E-state index in [1.165, 1.54) is 0 Å². The summed E-state index contributed by atoms with van der Waals surface area (Å²) in [6.45, 7) is 1.94. The molecule has 4 heterocycles. The van der Waals surface area contributed by atoms with Crippen LogP contribution < -0.4 is 11.1 Å². The van der Waals surface area contributed by atoms with Gasteiger partial charge in [0.05, 0.1) is 22.1 Å². The van der Waals surface area contributed by atoms with E-state index in [0.717, 1.165) is 54.7 Å². The van der Waals surface area contributed by atoms with E-state index < -0.39 is 17.5 Å². The number of ketones is 1. The summed E-state index contributed by atoms with van der Waals surface area (Å²) in [5.74, 6) is -0.0531. The molecule has 7 heteroatoms. The molecule has 3 aliphatic rings. The summed E-state index contributed by atoms with van der Waals surface area (Å²) in [4.78, 5) is 26.7. The molecule has 0 saturated carbocycles. The average Bonchev–Trinajstić information content (AvgIpc) is 3.55. The number of rotatable bonds is 1. The Bertz CT molecular complexity index is 1830. The van der Waals surface area contributed by atoms with Crippen molar-refractivity contribution in [2.45, 2.75) is 43.7 Å². The zero-order valence-corrected chi connectivity index (χ0v) is 19.5. The molecule has 1 amide bonds. The number of Topliss-reactive ketones (excluding diaryl/α,β-unsaturated/α-hetero) is 1. The number of carbonyl (C=O) groups is 2. The van der Waals surface area contributed by atoms with Crippen LogP contribution in [0.1, 0.15) is 41.9 Å². The molecule has 1 saturated heterocycles. The highest BCUT2D eigenvalue weighted by Gasteiger charge is 2.63. The number of para-hydroxylation sites is 2. The Labute approximate surface area is 200 Å². The van der Waals surface area contributed by atoms with Crippen molar-refractivity contribution >= 4 is 55.3 Å². The first-order valence-corrected chi connectivity index (χ1v) is 12.1. The van der Waals surface area contributed by atoms with Gasteiger partial charge in [0, 0.05) is 47.0 Å². The Hall–Kier alpha value is -3.68. The number of aryl methyl sites for hydroxylation is 1. The van der Waals surface area contributed by atoms with E-state index in [2.05, 4.69) is 38.7 Å². The molecule has 2 bridgehead atoms. The van der Waals surface area contributed by atoms with Crippen molar-refractivity contribution in [1.82, 2.24) is 14.5 Å². The average molecular weight is 465 g/mol. The lowest BCUT2D eigenvalue weighted by Gasteiger charge is -2.39. The van der Waals surface area contributed by atoms with E-state index >= 15 is 0 Å². The van der Waals surface area contributed by atoms with Gasteiger partial charge in [-0.1, -0.05) is 36.4 Å². The van der Waals surface area contributed by atoms with Crippen molar-refractivity contribution in [3.8, 4) is 0 Å². The lowest BCUT2D eigenvalue weighted by Crippen LogP contribution is -2.65. The number of likely N-dealkylation sites (N-methyl/N-ethyl adjacent to an activating group) is 1. The Morgan fingerprint density at radius 1 is 1.03 bits per heavy atom. The van der Waals surface area contributed by atoms with Crippen LogP contribution in [0.3, 0.4) is 0 Å². The van der Waals surface area contributed by atoms with Crippen molar-refractivity contribution in [2.24, 2.45) is 5.73 Å². The molecule has 0 unspecified atom stereocenters. The Morgan fingerprint density at radius 3 is 2.46 bits per heavy atom. The van der Waals surface area contributed by atoms with Crippen LogP contribution in [0.25, 0.3) is 43.6 Å². The third kappa shape index (κ3) is 1.93. The van der Waals surface area contributed by atoms with Crippen LogP contribution in [0.15, 0.2) is 48.5 Å². The van der Waals surface area contributed by atoms with Crippen molar-refractivity contribution < 1.29 is 14.3 Å². The molecule has 2 aliphatic heterocycles. The number of aromatic nitrogens is 2. The first-order valence-electron chi connectivity index (χ1n) is 12.1. The van der Waals surface area contributed by atoms with E-state index in [4.69, 9.17) is 10.5 Å². The molecule has 8 rings (SSSR count). The highest BCUT2D eigenvalue weighted by Crippen LogP contribution is 2.57. The predicted molar refractivity (Wildman–Crippen MR) is 134 cm³/mol. The van der Waals surface area contributed by atoms with Crippen LogP contribution >= 0.6 is 0 Å². The number of amides is 1. The molecule has 0 radical (unpaired) electrons. The number of benzene rings is 3. The molecule has 35 heavy (non-hydrogen) atoms. The molecular formula is C28H24N4O3. The fourth-order valence-electron chi connectivity index (χ4n) is 7.26. The van der Waals surface area contributed by atoms with Crippen molar-refractivity contribution in [2.75, 3.05) is 7.05 Å². The maximum absolute atomic E-state index is 13.4. The van der Waals surface area contributed by atoms with Crippen molar-refractivity contribution in [3.05, 3.63) is 59.7 Å². The molecule has 174 valence electrons. The molecule has 2 aromatic heterocycles. The minimum Gasteiger partial charge on any atom is -0.357 e. The Morgan fingerprint density at radius 2 is 1.71 bits per heavy atom. The predicted octanol–water partition coefficient (Wildman–Crippen LogP) is 4.08. The summed E-state index contributed by atoms with van der Waals surface area (Å²) in [6.07, 6.45) is 1.08. The summed E-state index contributed by atoms with van der Waals surface area (Å²) in [5.41, 5.74) is 10.5. The third-order valence-electron chi connectivity index (χ3n) is 8.78. The maximum atomic E-state index is 13.4.